The molecule has 1 unspecified atom stereocenters. The number of aromatic hydroxyl groups is 1. The van der Waals surface area contributed by atoms with Crippen molar-refractivity contribution in [1.29, 1.82) is 0 Å². The number of phenolic OH excluding ortho intramolecular Hbond substituents is 1. The first kappa shape index (κ1) is 18.7. The maximum absolute atomic E-state index is 12.1. The van der Waals surface area contributed by atoms with E-state index in [1.165, 1.54) is 0 Å². The number of benzene rings is 1. The van der Waals surface area contributed by atoms with Crippen molar-refractivity contribution in [1.82, 2.24) is 4.90 Å². The number of rotatable bonds is 1. The van der Waals surface area contributed by atoms with Crippen LogP contribution in [-0.4, -0.2) is 66.0 Å². The van der Waals surface area contributed by atoms with Crippen molar-refractivity contribution in [2.24, 2.45) is 0 Å². The van der Waals surface area contributed by atoms with Crippen LogP contribution in [-0.2, 0) is 21.3 Å². The van der Waals surface area contributed by atoms with E-state index in [1.54, 1.807) is 7.11 Å². The molecule has 2 bridgehead atoms. The van der Waals surface area contributed by atoms with E-state index in [0.29, 0.717) is 31.6 Å². The normalized spacial score (nSPS) is 42.7. The molecule has 0 aromatic heterocycles. The van der Waals surface area contributed by atoms with Gasteiger partial charge in [-0.2, -0.15) is 0 Å². The molecule has 2 N–H and O–H groups in total. The summed E-state index contributed by atoms with van der Waals surface area (Å²) in [6.45, 7) is 3.64. The van der Waals surface area contributed by atoms with Gasteiger partial charge in [0, 0.05) is 29.9 Å². The summed E-state index contributed by atoms with van der Waals surface area (Å²) in [5.41, 5.74) is 0.421. The Kier molecular flexibility index (Phi) is 4.05. The fraction of sp³-hybridized carbons (Fsp3) is 0.727. The first-order valence-electron chi connectivity index (χ1n) is 10.5. The predicted octanol–water partition coefficient (Wildman–Crippen LogP) is 2.34. The van der Waals surface area contributed by atoms with Crippen molar-refractivity contribution in [3.8, 4) is 11.5 Å². The summed E-state index contributed by atoms with van der Waals surface area (Å²) in [4.78, 5) is 2.28. The third kappa shape index (κ3) is 2.29. The molecule has 4 aliphatic rings. The number of hydrogen-bond donors (Lipinski definition) is 2. The molecule has 28 heavy (non-hydrogen) atoms. The highest BCUT2D eigenvalue weighted by molar-refractivity contribution is 5.58. The molecular weight excluding hydrogens is 358 g/mol. The van der Waals surface area contributed by atoms with Crippen LogP contribution in [0.2, 0.25) is 0 Å². The molecule has 1 spiro atoms. The number of hydrogen-bond acceptors (Lipinski definition) is 6. The van der Waals surface area contributed by atoms with Gasteiger partial charge in [-0.05, 0) is 57.8 Å². The second-order valence-electron chi connectivity index (χ2n) is 9.26. The lowest BCUT2D eigenvalue weighted by atomic mass is 9.48. The van der Waals surface area contributed by atoms with Gasteiger partial charge >= 0.3 is 0 Å². The lowest BCUT2D eigenvalue weighted by Gasteiger charge is -2.66. The molecule has 3 fully saturated rings. The topological polar surface area (TPSA) is 71.4 Å². The summed E-state index contributed by atoms with van der Waals surface area (Å²) in [5, 5.41) is 23.3. The Hall–Kier alpha value is -1.34. The van der Waals surface area contributed by atoms with Gasteiger partial charge in [-0.15, -0.1) is 0 Å². The highest BCUT2D eigenvalue weighted by Gasteiger charge is 2.68. The predicted molar refractivity (Wildman–Crippen MR) is 104 cm³/mol. The maximum Gasteiger partial charge on any atom is 0.169 e. The van der Waals surface area contributed by atoms with Gasteiger partial charge in [0.1, 0.15) is 0 Å². The number of phenols is 1. The molecular formula is C22H31NO5. The molecule has 1 saturated carbocycles. The third-order valence-electron chi connectivity index (χ3n) is 7.91. The standard InChI is InChI=1S/C22H31NO5/c1-14-6-11-27-21(28-14)7-8-22(25)17-12-15-4-5-16(26-3)19(24)18(15)20(22,13-21)9-10-23(17)2/h4-5,14,17,24-25H,6-13H2,1-3H3/t14-,17+,20+,21-,22?/m0/s1. The number of likely N-dealkylation sites (N-methyl/N-ethyl adjacent to an activating group) is 1. The van der Waals surface area contributed by atoms with Gasteiger partial charge in [0.25, 0.3) is 0 Å². The lowest BCUT2D eigenvalue weighted by molar-refractivity contribution is -0.334. The Morgan fingerprint density at radius 2 is 2.07 bits per heavy atom. The zero-order valence-electron chi connectivity index (χ0n) is 17.0. The van der Waals surface area contributed by atoms with Crippen molar-refractivity contribution in [3.05, 3.63) is 23.3 Å². The van der Waals surface area contributed by atoms with E-state index >= 15 is 0 Å². The van der Waals surface area contributed by atoms with Gasteiger partial charge in [0.2, 0.25) is 0 Å². The summed E-state index contributed by atoms with van der Waals surface area (Å²) < 4.78 is 18.0. The Balaban J connectivity index is 1.70. The van der Waals surface area contributed by atoms with Crippen LogP contribution in [0, 0.1) is 0 Å². The van der Waals surface area contributed by atoms with Crippen molar-refractivity contribution in [2.45, 2.75) is 74.4 Å². The molecule has 2 heterocycles. The van der Waals surface area contributed by atoms with E-state index in [9.17, 15) is 10.2 Å². The highest BCUT2D eigenvalue weighted by atomic mass is 16.7. The number of ether oxygens (including phenoxy) is 3. The Morgan fingerprint density at radius 3 is 2.82 bits per heavy atom. The first-order valence-corrected chi connectivity index (χ1v) is 10.5. The average molecular weight is 389 g/mol. The van der Waals surface area contributed by atoms with Crippen LogP contribution in [0.25, 0.3) is 0 Å². The van der Waals surface area contributed by atoms with Crippen molar-refractivity contribution in [2.75, 3.05) is 27.3 Å². The Labute approximate surface area is 166 Å². The second-order valence-corrected chi connectivity index (χ2v) is 9.26. The van der Waals surface area contributed by atoms with Crippen LogP contribution in [0.3, 0.4) is 0 Å². The molecule has 2 saturated heterocycles. The highest BCUT2D eigenvalue weighted by Crippen LogP contribution is 2.63. The summed E-state index contributed by atoms with van der Waals surface area (Å²) in [6.07, 6.45) is 4.37. The van der Waals surface area contributed by atoms with Crippen molar-refractivity contribution >= 4 is 0 Å². The zero-order chi connectivity index (χ0) is 19.7. The van der Waals surface area contributed by atoms with Crippen LogP contribution in [0.15, 0.2) is 12.1 Å². The molecule has 0 amide bonds. The molecule has 5 rings (SSSR count). The minimum atomic E-state index is -0.921. The van der Waals surface area contributed by atoms with E-state index in [0.717, 1.165) is 36.9 Å². The van der Waals surface area contributed by atoms with E-state index in [2.05, 4.69) is 18.9 Å². The van der Waals surface area contributed by atoms with Crippen LogP contribution in [0.1, 0.15) is 50.2 Å². The molecule has 1 aromatic carbocycles. The quantitative estimate of drug-likeness (QED) is 0.768. The van der Waals surface area contributed by atoms with Crippen LogP contribution in [0.5, 0.6) is 11.5 Å². The van der Waals surface area contributed by atoms with E-state index in [4.69, 9.17) is 14.2 Å². The van der Waals surface area contributed by atoms with Gasteiger partial charge < -0.3 is 29.3 Å². The van der Waals surface area contributed by atoms with Crippen molar-refractivity contribution < 1.29 is 24.4 Å². The third-order valence-corrected chi connectivity index (χ3v) is 7.91. The van der Waals surface area contributed by atoms with Crippen molar-refractivity contribution in [3.63, 3.8) is 0 Å². The van der Waals surface area contributed by atoms with Gasteiger partial charge in [0.05, 0.1) is 25.4 Å². The van der Waals surface area contributed by atoms with Gasteiger partial charge in [-0.1, -0.05) is 6.07 Å². The zero-order valence-corrected chi connectivity index (χ0v) is 17.0. The maximum atomic E-state index is 12.1. The lowest BCUT2D eigenvalue weighted by Crippen LogP contribution is -2.75. The summed E-state index contributed by atoms with van der Waals surface area (Å²) in [6, 6.07) is 3.91. The minimum absolute atomic E-state index is 0.0277. The number of methoxy groups -OCH3 is 1. The fourth-order valence-electron chi connectivity index (χ4n) is 6.54. The van der Waals surface area contributed by atoms with E-state index in [1.807, 2.05) is 12.1 Å². The SMILES string of the molecule is COc1ccc2c(c1O)[C@]13CCN(C)[C@H](C2)C1(O)CC[C@]1(C3)OCC[C@H](C)O1. The smallest absolute Gasteiger partial charge is 0.169 e. The number of likely N-dealkylation sites (tertiary alicyclic amines) is 1. The molecule has 2 aliphatic carbocycles. The number of nitrogens with zero attached hydrogens (tertiary/aromatic N) is 1. The summed E-state index contributed by atoms with van der Waals surface area (Å²) in [7, 11) is 3.67. The minimum Gasteiger partial charge on any atom is -0.504 e. The summed E-state index contributed by atoms with van der Waals surface area (Å²) >= 11 is 0. The van der Waals surface area contributed by atoms with Gasteiger partial charge in [-0.3, -0.25) is 0 Å². The molecule has 6 nitrogen and oxygen atoms in total. The van der Waals surface area contributed by atoms with E-state index < -0.39 is 16.8 Å². The Bertz CT molecular complexity index is 799. The number of aliphatic hydroxyl groups is 1. The fourth-order valence-corrected chi connectivity index (χ4v) is 6.54. The molecule has 1 aromatic rings. The van der Waals surface area contributed by atoms with Crippen LogP contribution in [0.4, 0.5) is 0 Å². The largest absolute Gasteiger partial charge is 0.504 e. The Morgan fingerprint density at radius 1 is 1.25 bits per heavy atom. The monoisotopic (exact) mass is 389 g/mol. The van der Waals surface area contributed by atoms with Gasteiger partial charge in [-0.25, -0.2) is 0 Å². The molecule has 6 heteroatoms. The number of piperidine rings is 1. The van der Waals surface area contributed by atoms with Crippen LogP contribution < -0.4 is 4.74 Å². The average Bonchev–Trinajstić information content (AvgIpc) is 2.65. The van der Waals surface area contributed by atoms with Crippen LogP contribution >= 0.6 is 0 Å². The first-order chi connectivity index (χ1) is 13.3. The molecule has 154 valence electrons. The van der Waals surface area contributed by atoms with E-state index in [-0.39, 0.29) is 17.9 Å². The molecule has 0 radical (unpaired) electrons. The summed E-state index contributed by atoms with van der Waals surface area (Å²) in [5.74, 6) is -0.0530. The molecule has 5 atom stereocenters. The second kappa shape index (κ2) is 6.08. The molecule has 2 aliphatic heterocycles. The number of fused-ring (bicyclic) bond motifs is 1. The van der Waals surface area contributed by atoms with Gasteiger partial charge in [0.15, 0.2) is 17.3 Å².